The van der Waals surface area contributed by atoms with Crippen LogP contribution in [0.3, 0.4) is 0 Å². The SMILES string of the molecule is COC(=O)C(COC(C)(C)C)[NH2+]C1CCCCC1. The highest BCUT2D eigenvalue weighted by Gasteiger charge is 2.29. The van der Waals surface area contributed by atoms with E-state index in [0.717, 1.165) is 0 Å². The van der Waals surface area contributed by atoms with Crippen LogP contribution >= 0.6 is 0 Å². The molecule has 1 fully saturated rings. The average molecular weight is 258 g/mol. The molecule has 0 bridgehead atoms. The molecule has 0 heterocycles. The number of hydrogen-bond donors (Lipinski definition) is 1. The van der Waals surface area contributed by atoms with Crippen molar-refractivity contribution in [2.75, 3.05) is 13.7 Å². The van der Waals surface area contributed by atoms with E-state index in [1.54, 1.807) is 0 Å². The molecule has 0 aromatic carbocycles. The molecule has 0 aromatic heterocycles. The minimum absolute atomic E-state index is 0.176. The minimum atomic E-state index is -0.225. The second-order valence-electron chi connectivity index (χ2n) is 6.14. The van der Waals surface area contributed by atoms with Crippen LogP contribution in [-0.4, -0.2) is 37.4 Å². The Morgan fingerprint density at radius 3 is 2.39 bits per heavy atom. The first-order valence-corrected chi connectivity index (χ1v) is 6.99. The highest BCUT2D eigenvalue weighted by molar-refractivity contribution is 5.74. The number of hydrogen-bond acceptors (Lipinski definition) is 3. The van der Waals surface area contributed by atoms with Crippen molar-refractivity contribution in [3.63, 3.8) is 0 Å². The number of rotatable bonds is 5. The molecule has 1 aliphatic carbocycles. The lowest BCUT2D eigenvalue weighted by molar-refractivity contribution is -0.715. The topological polar surface area (TPSA) is 52.1 Å². The normalized spacial score (nSPS) is 19.6. The fraction of sp³-hybridized carbons (Fsp3) is 0.929. The van der Waals surface area contributed by atoms with Crippen molar-refractivity contribution in [2.24, 2.45) is 0 Å². The van der Waals surface area contributed by atoms with Gasteiger partial charge in [0, 0.05) is 0 Å². The fourth-order valence-electron chi connectivity index (χ4n) is 2.35. The van der Waals surface area contributed by atoms with Gasteiger partial charge in [0.25, 0.3) is 0 Å². The van der Waals surface area contributed by atoms with E-state index in [4.69, 9.17) is 9.47 Å². The first kappa shape index (κ1) is 15.4. The van der Waals surface area contributed by atoms with Crippen LogP contribution in [0.1, 0.15) is 52.9 Å². The Morgan fingerprint density at radius 2 is 1.89 bits per heavy atom. The summed E-state index contributed by atoms with van der Waals surface area (Å²) in [5.74, 6) is -0.176. The molecule has 1 saturated carbocycles. The van der Waals surface area contributed by atoms with Crippen LogP contribution in [0.25, 0.3) is 0 Å². The molecule has 18 heavy (non-hydrogen) atoms. The summed E-state index contributed by atoms with van der Waals surface area (Å²) in [6, 6.07) is 0.323. The van der Waals surface area contributed by atoms with Gasteiger partial charge in [0.1, 0.15) is 6.61 Å². The van der Waals surface area contributed by atoms with Gasteiger partial charge in [-0.3, -0.25) is 0 Å². The molecule has 0 aromatic rings. The zero-order valence-electron chi connectivity index (χ0n) is 12.2. The molecule has 1 rings (SSSR count). The molecule has 0 aliphatic heterocycles. The maximum atomic E-state index is 11.8. The predicted octanol–water partition coefficient (Wildman–Crippen LogP) is 1.24. The van der Waals surface area contributed by atoms with E-state index in [1.807, 2.05) is 20.8 Å². The van der Waals surface area contributed by atoms with Crippen molar-refractivity contribution in [3.8, 4) is 0 Å². The van der Waals surface area contributed by atoms with E-state index in [2.05, 4.69) is 5.32 Å². The summed E-state index contributed by atoms with van der Waals surface area (Å²) < 4.78 is 10.6. The van der Waals surface area contributed by atoms with E-state index >= 15 is 0 Å². The third-order valence-electron chi connectivity index (χ3n) is 3.35. The number of esters is 1. The lowest BCUT2D eigenvalue weighted by Gasteiger charge is -2.26. The smallest absolute Gasteiger partial charge is 0.367 e. The van der Waals surface area contributed by atoms with E-state index in [1.165, 1.54) is 39.2 Å². The minimum Gasteiger partial charge on any atom is -0.465 e. The van der Waals surface area contributed by atoms with Crippen LogP contribution in [0.4, 0.5) is 0 Å². The van der Waals surface area contributed by atoms with Gasteiger partial charge < -0.3 is 14.8 Å². The van der Waals surface area contributed by atoms with Gasteiger partial charge >= 0.3 is 5.97 Å². The monoisotopic (exact) mass is 258 g/mol. The van der Waals surface area contributed by atoms with Gasteiger partial charge in [-0.05, 0) is 46.5 Å². The molecule has 4 nitrogen and oxygen atoms in total. The summed E-state index contributed by atoms with van der Waals surface area (Å²) in [6.07, 6.45) is 6.27. The largest absolute Gasteiger partial charge is 0.465 e. The van der Waals surface area contributed by atoms with Crippen LogP contribution < -0.4 is 5.32 Å². The van der Waals surface area contributed by atoms with Crippen molar-refractivity contribution >= 4 is 5.97 Å². The number of carbonyl (C=O) groups excluding carboxylic acids is 1. The Morgan fingerprint density at radius 1 is 1.28 bits per heavy atom. The van der Waals surface area contributed by atoms with E-state index in [9.17, 15) is 4.79 Å². The van der Waals surface area contributed by atoms with Crippen LogP contribution in [0.15, 0.2) is 0 Å². The summed E-state index contributed by atoms with van der Waals surface area (Å²) in [5, 5.41) is 2.15. The quantitative estimate of drug-likeness (QED) is 0.755. The van der Waals surface area contributed by atoms with Crippen molar-refractivity contribution < 1.29 is 19.6 Å². The first-order chi connectivity index (χ1) is 8.42. The third kappa shape index (κ3) is 5.83. The summed E-state index contributed by atoms with van der Waals surface area (Å²) in [5.41, 5.74) is -0.216. The molecule has 1 unspecified atom stereocenters. The molecule has 0 amide bonds. The Bertz CT molecular complexity index is 254. The Labute approximate surface area is 110 Å². The van der Waals surface area contributed by atoms with E-state index < -0.39 is 0 Å². The lowest BCUT2D eigenvalue weighted by atomic mass is 9.95. The van der Waals surface area contributed by atoms with Crippen molar-refractivity contribution in [3.05, 3.63) is 0 Å². The number of ether oxygens (including phenoxy) is 2. The highest BCUT2D eigenvalue weighted by atomic mass is 16.5. The maximum absolute atomic E-state index is 11.8. The molecule has 106 valence electrons. The summed E-state index contributed by atoms with van der Waals surface area (Å²) in [4.78, 5) is 11.8. The number of nitrogens with two attached hydrogens (primary N) is 1. The summed E-state index contributed by atoms with van der Waals surface area (Å²) in [6.45, 7) is 6.43. The standard InChI is InChI=1S/C14H27NO3/c1-14(2,3)18-10-12(13(16)17-4)15-11-8-6-5-7-9-11/h11-12,15H,5-10H2,1-4H3/p+1. The van der Waals surface area contributed by atoms with Gasteiger partial charge in [-0.15, -0.1) is 0 Å². The van der Waals surface area contributed by atoms with Gasteiger partial charge in [0.15, 0.2) is 0 Å². The Hall–Kier alpha value is -0.610. The predicted molar refractivity (Wildman–Crippen MR) is 70.3 cm³/mol. The average Bonchev–Trinajstić information content (AvgIpc) is 2.33. The van der Waals surface area contributed by atoms with Gasteiger partial charge in [-0.1, -0.05) is 6.42 Å². The lowest BCUT2D eigenvalue weighted by Crippen LogP contribution is -2.97. The zero-order valence-corrected chi connectivity index (χ0v) is 12.2. The molecule has 0 radical (unpaired) electrons. The van der Waals surface area contributed by atoms with Gasteiger partial charge in [-0.2, -0.15) is 0 Å². The van der Waals surface area contributed by atoms with Crippen LogP contribution in [0, 0.1) is 0 Å². The van der Waals surface area contributed by atoms with Gasteiger partial charge in [0.2, 0.25) is 6.04 Å². The molecule has 2 N–H and O–H groups in total. The molecule has 1 atom stereocenters. The molecule has 1 aliphatic rings. The van der Waals surface area contributed by atoms with Crippen LogP contribution in [0.2, 0.25) is 0 Å². The van der Waals surface area contributed by atoms with Crippen LogP contribution in [0.5, 0.6) is 0 Å². The number of methoxy groups -OCH3 is 1. The molecule has 0 saturated heterocycles. The van der Waals surface area contributed by atoms with Crippen LogP contribution in [-0.2, 0) is 14.3 Å². The number of carbonyl (C=O) groups is 1. The summed E-state index contributed by atoms with van der Waals surface area (Å²) in [7, 11) is 1.45. The first-order valence-electron chi connectivity index (χ1n) is 6.99. The Kier molecular flexibility index (Phi) is 6.09. The molecular formula is C14H28NO3+. The van der Waals surface area contributed by atoms with E-state index in [-0.39, 0.29) is 17.6 Å². The maximum Gasteiger partial charge on any atom is 0.367 e. The highest BCUT2D eigenvalue weighted by Crippen LogP contribution is 2.15. The second-order valence-corrected chi connectivity index (χ2v) is 6.14. The molecular weight excluding hydrogens is 230 g/mol. The number of quaternary nitrogens is 1. The molecule has 0 spiro atoms. The second kappa shape index (κ2) is 7.10. The summed E-state index contributed by atoms with van der Waals surface area (Å²) >= 11 is 0. The van der Waals surface area contributed by atoms with Crippen molar-refractivity contribution in [1.82, 2.24) is 0 Å². The zero-order chi connectivity index (χ0) is 13.6. The van der Waals surface area contributed by atoms with Crippen molar-refractivity contribution in [1.29, 1.82) is 0 Å². The van der Waals surface area contributed by atoms with Gasteiger partial charge in [0.05, 0.1) is 18.8 Å². The van der Waals surface area contributed by atoms with E-state index in [0.29, 0.717) is 12.6 Å². The van der Waals surface area contributed by atoms with Gasteiger partial charge in [-0.25, -0.2) is 4.79 Å². The fourth-order valence-corrected chi connectivity index (χ4v) is 2.35. The van der Waals surface area contributed by atoms with Crippen molar-refractivity contribution in [2.45, 2.75) is 70.6 Å². The third-order valence-corrected chi connectivity index (χ3v) is 3.35. The molecule has 4 heteroatoms. The Balaban J connectivity index is 2.46.